The van der Waals surface area contributed by atoms with E-state index in [1.54, 1.807) is 12.1 Å². The van der Waals surface area contributed by atoms with Gasteiger partial charge in [0.1, 0.15) is 16.6 Å². The van der Waals surface area contributed by atoms with Gasteiger partial charge in [-0.25, -0.2) is 13.0 Å². The van der Waals surface area contributed by atoms with Gasteiger partial charge < -0.3 is 0 Å². The maximum absolute atomic E-state index is 13.6. The van der Waals surface area contributed by atoms with Crippen molar-refractivity contribution in [3.63, 3.8) is 0 Å². The zero-order chi connectivity index (χ0) is 26.8. The Balaban J connectivity index is 1.54. The van der Waals surface area contributed by atoms with E-state index in [1.165, 1.54) is 6.07 Å². The number of unbranched alkanes of at least 4 members (excludes halogenated alkanes) is 1. The van der Waals surface area contributed by atoms with Crippen LogP contribution in [0, 0.1) is 23.6 Å². The van der Waals surface area contributed by atoms with E-state index in [0.717, 1.165) is 80.9 Å². The number of halogens is 2. The summed E-state index contributed by atoms with van der Waals surface area (Å²) in [6, 6.07) is 5.90. The summed E-state index contributed by atoms with van der Waals surface area (Å²) in [7, 11) is -2.03. The number of ketones is 1. The second kappa shape index (κ2) is 14.8. The maximum atomic E-state index is 13.6. The first-order valence-corrected chi connectivity index (χ1v) is 15.3. The van der Waals surface area contributed by atoms with Crippen molar-refractivity contribution < 1.29 is 22.6 Å². The van der Waals surface area contributed by atoms with Crippen LogP contribution in [-0.2, 0) is 20.4 Å². The number of carbonyl (C=O) groups excluding carboxylic acids is 2. The molecular weight excluding hydrogens is 490 g/mol. The molecule has 0 N–H and O–H groups in total. The molecule has 3 nitrogen and oxygen atoms in total. The predicted octanol–water partition coefficient (Wildman–Crippen LogP) is 8.13. The number of allylic oxidation sites excluding steroid dienone is 4. The zero-order valence-corrected chi connectivity index (χ0v) is 23.2. The Morgan fingerprint density at radius 3 is 2.54 bits per heavy atom. The fourth-order valence-corrected chi connectivity index (χ4v) is 6.43. The van der Waals surface area contributed by atoms with Gasteiger partial charge >= 0.3 is 0 Å². The van der Waals surface area contributed by atoms with Gasteiger partial charge in [0.15, 0.2) is 11.8 Å². The molecule has 2 aliphatic rings. The molecule has 0 heterocycles. The molecule has 0 aliphatic heterocycles. The van der Waals surface area contributed by atoms with Gasteiger partial charge in [0.2, 0.25) is 5.12 Å². The van der Waals surface area contributed by atoms with Crippen molar-refractivity contribution in [1.82, 2.24) is 0 Å². The van der Waals surface area contributed by atoms with E-state index >= 15 is 0 Å². The molecule has 0 spiro atoms. The molecule has 2 aliphatic carbocycles. The Bertz CT molecular complexity index is 1010. The number of carbonyl (C=O) groups is 2. The van der Waals surface area contributed by atoms with E-state index in [4.69, 9.17) is 0 Å². The summed E-state index contributed by atoms with van der Waals surface area (Å²) in [5.41, 5.74) is 3.15. The average molecular weight is 533 g/mol. The number of hydrogen-bond donors (Lipinski definition) is 0. The van der Waals surface area contributed by atoms with Crippen LogP contribution in [0.5, 0.6) is 0 Å². The minimum Gasteiger partial charge on any atom is -0.294 e. The highest BCUT2D eigenvalue weighted by Crippen LogP contribution is 2.39. The fraction of sp³-hybridized carbons (Fsp3) is 0.613. The summed E-state index contributed by atoms with van der Waals surface area (Å²) in [5.74, 6) is 1.28. The first kappa shape index (κ1) is 29.6. The largest absolute Gasteiger partial charge is 0.294 e. The lowest BCUT2D eigenvalue weighted by molar-refractivity contribution is -0.119. The molecular formula is C31H42F2O3S. The SMILES string of the molecule is CC1=CCC(C)C(=O)C(C(CCCCC(=O)S(=O)CF)CCCC2CCC(c3cccc(F)c3)CC2)=C1. The van der Waals surface area contributed by atoms with Crippen LogP contribution in [-0.4, -0.2) is 21.1 Å². The smallest absolute Gasteiger partial charge is 0.221 e. The number of hydrogen-bond acceptors (Lipinski definition) is 3. The molecule has 1 aromatic rings. The Kier molecular flexibility index (Phi) is 11.9. The molecule has 0 aromatic heterocycles. The monoisotopic (exact) mass is 532 g/mol. The molecule has 0 amide bonds. The van der Waals surface area contributed by atoms with Gasteiger partial charge in [-0.1, -0.05) is 56.0 Å². The van der Waals surface area contributed by atoms with Gasteiger partial charge in [0.05, 0.1) is 0 Å². The van der Waals surface area contributed by atoms with E-state index < -0.39 is 21.9 Å². The second-order valence-electron chi connectivity index (χ2n) is 11.0. The molecule has 37 heavy (non-hydrogen) atoms. The summed E-state index contributed by atoms with van der Waals surface area (Å²) in [6.07, 6.45) is 14.8. The van der Waals surface area contributed by atoms with Crippen LogP contribution in [0.1, 0.15) is 102 Å². The molecule has 1 saturated carbocycles. The van der Waals surface area contributed by atoms with Crippen molar-refractivity contribution in [3.05, 3.63) is 58.9 Å². The lowest BCUT2D eigenvalue weighted by atomic mass is 9.76. The van der Waals surface area contributed by atoms with Crippen molar-refractivity contribution in [2.75, 3.05) is 6.01 Å². The highest BCUT2D eigenvalue weighted by Gasteiger charge is 2.27. The summed E-state index contributed by atoms with van der Waals surface area (Å²) in [4.78, 5) is 24.9. The Hall–Kier alpha value is -1.95. The number of alkyl halides is 1. The molecule has 0 bridgehead atoms. The number of rotatable bonds is 12. The Morgan fingerprint density at radius 1 is 1.11 bits per heavy atom. The lowest BCUT2D eigenvalue weighted by Crippen LogP contribution is -2.20. The minimum absolute atomic E-state index is 0.0298. The standard InChI is InChI=1S/C31H42F2O3S/c1-22-13-14-23(2)31(35)29(19-22)26(8-3-4-12-30(34)37(36)21-32)9-5-7-24-15-17-25(18-16-24)27-10-6-11-28(33)20-27/h6,10-11,13,19-20,23-26H,3-5,7-9,12,14-18,21H2,1-2H3. The molecule has 1 aromatic carbocycles. The van der Waals surface area contributed by atoms with E-state index in [-0.39, 0.29) is 29.9 Å². The quantitative estimate of drug-likeness (QED) is 0.255. The average Bonchev–Trinajstić information content (AvgIpc) is 3.03. The molecule has 1 fully saturated rings. The van der Waals surface area contributed by atoms with Crippen LogP contribution in [0.15, 0.2) is 47.6 Å². The van der Waals surface area contributed by atoms with Crippen molar-refractivity contribution in [1.29, 1.82) is 0 Å². The van der Waals surface area contributed by atoms with Crippen molar-refractivity contribution in [2.45, 2.75) is 96.8 Å². The third kappa shape index (κ3) is 9.08. The highest BCUT2D eigenvalue weighted by atomic mass is 32.2. The molecule has 3 unspecified atom stereocenters. The Morgan fingerprint density at radius 2 is 1.84 bits per heavy atom. The van der Waals surface area contributed by atoms with Gasteiger partial charge in [0.25, 0.3) is 0 Å². The van der Waals surface area contributed by atoms with Gasteiger partial charge in [-0.15, -0.1) is 0 Å². The van der Waals surface area contributed by atoms with Gasteiger partial charge in [0, 0.05) is 12.3 Å². The van der Waals surface area contributed by atoms with E-state index in [2.05, 4.69) is 12.2 Å². The van der Waals surface area contributed by atoms with Gasteiger partial charge in [-0.3, -0.25) is 9.59 Å². The maximum Gasteiger partial charge on any atom is 0.221 e. The van der Waals surface area contributed by atoms with Crippen LogP contribution in [0.4, 0.5) is 8.78 Å². The van der Waals surface area contributed by atoms with Crippen molar-refractivity contribution in [2.24, 2.45) is 17.8 Å². The molecule has 3 rings (SSSR count). The zero-order valence-electron chi connectivity index (χ0n) is 22.4. The van der Waals surface area contributed by atoms with Crippen LogP contribution in [0.3, 0.4) is 0 Å². The first-order chi connectivity index (χ1) is 17.8. The topological polar surface area (TPSA) is 51.2 Å². The highest BCUT2D eigenvalue weighted by molar-refractivity contribution is 8.00. The molecule has 0 radical (unpaired) electrons. The lowest BCUT2D eigenvalue weighted by Gasteiger charge is -2.29. The summed E-state index contributed by atoms with van der Waals surface area (Å²) >= 11 is 0. The van der Waals surface area contributed by atoms with Crippen LogP contribution in [0.2, 0.25) is 0 Å². The summed E-state index contributed by atoms with van der Waals surface area (Å²) in [5, 5.41) is -0.523. The predicted molar refractivity (Wildman–Crippen MR) is 147 cm³/mol. The third-order valence-corrected chi connectivity index (χ3v) is 9.13. The van der Waals surface area contributed by atoms with Crippen LogP contribution in [0.25, 0.3) is 0 Å². The summed E-state index contributed by atoms with van der Waals surface area (Å²) < 4.78 is 37.5. The second-order valence-corrected chi connectivity index (χ2v) is 12.4. The van der Waals surface area contributed by atoms with Gasteiger partial charge in [-0.05, 0) is 99.3 Å². The molecule has 6 heteroatoms. The van der Waals surface area contributed by atoms with Crippen LogP contribution < -0.4 is 0 Å². The van der Waals surface area contributed by atoms with E-state index in [1.807, 2.05) is 19.9 Å². The van der Waals surface area contributed by atoms with Crippen molar-refractivity contribution >= 4 is 21.7 Å². The molecule has 3 atom stereocenters. The van der Waals surface area contributed by atoms with Crippen LogP contribution >= 0.6 is 0 Å². The van der Waals surface area contributed by atoms with Gasteiger partial charge in [-0.2, -0.15) is 0 Å². The Labute approximate surface area is 223 Å². The van der Waals surface area contributed by atoms with E-state index in [0.29, 0.717) is 18.3 Å². The number of benzene rings is 1. The fourth-order valence-electron chi connectivity index (χ4n) is 5.94. The minimum atomic E-state index is -2.03. The normalized spacial score (nSPS) is 24.1. The summed E-state index contributed by atoms with van der Waals surface area (Å²) in [6.45, 7) is 4.04. The molecule has 0 saturated heterocycles. The first-order valence-electron chi connectivity index (χ1n) is 13.9. The van der Waals surface area contributed by atoms with E-state index in [9.17, 15) is 22.6 Å². The number of Topliss-reactive ketones (excluding diaryl/α,β-unsaturated/α-hetero) is 1. The third-order valence-electron chi connectivity index (χ3n) is 8.22. The molecule has 204 valence electrons. The van der Waals surface area contributed by atoms with Crippen molar-refractivity contribution in [3.8, 4) is 0 Å².